The fourth-order valence-corrected chi connectivity index (χ4v) is 2.44. The van der Waals surface area contributed by atoms with Crippen LogP contribution in [0.4, 0.5) is 5.69 Å². The maximum atomic E-state index is 12.4. The molecule has 1 aromatic heterocycles. The van der Waals surface area contributed by atoms with E-state index in [1.54, 1.807) is 39.0 Å². The molecule has 2 rings (SSSR count). The molecule has 0 N–H and O–H groups in total. The van der Waals surface area contributed by atoms with Gasteiger partial charge < -0.3 is 4.74 Å². The van der Waals surface area contributed by atoms with E-state index in [1.165, 1.54) is 30.3 Å². The monoisotopic (exact) mass is 368 g/mol. The summed E-state index contributed by atoms with van der Waals surface area (Å²) in [5, 5.41) is 24.1. The van der Waals surface area contributed by atoms with Crippen molar-refractivity contribution in [2.75, 3.05) is 7.11 Å². The van der Waals surface area contributed by atoms with Crippen LogP contribution in [0.5, 0.6) is 5.75 Å². The van der Waals surface area contributed by atoms with Gasteiger partial charge in [0.15, 0.2) is 5.78 Å². The van der Waals surface area contributed by atoms with Gasteiger partial charge in [0.25, 0.3) is 0 Å². The van der Waals surface area contributed by atoms with E-state index in [0.717, 1.165) is 0 Å². The highest BCUT2D eigenvalue weighted by molar-refractivity contribution is 6.06. The summed E-state index contributed by atoms with van der Waals surface area (Å²) >= 11 is 0. The first-order valence-electron chi connectivity index (χ1n) is 8.16. The van der Waals surface area contributed by atoms with Crippen LogP contribution in [0.1, 0.15) is 31.9 Å². The van der Waals surface area contributed by atoms with Crippen LogP contribution in [0.2, 0.25) is 0 Å². The number of Topliss-reactive ketones (excluding diaryl/α,β-unsaturated/α-hetero) is 1. The maximum absolute atomic E-state index is 12.4. The molecule has 0 aliphatic heterocycles. The summed E-state index contributed by atoms with van der Waals surface area (Å²) in [7, 11) is 1.52. The summed E-state index contributed by atoms with van der Waals surface area (Å²) in [6.45, 7) is 5.51. The van der Waals surface area contributed by atoms with Crippen LogP contribution in [-0.2, 0) is 11.3 Å². The van der Waals surface area contributed by atoms with Gasteiger partial charge in [-0.25, -0.2) is 0 Å². The van der Waals surface area contributed by atoms with Gasteiger partial charge in [-0.3, -0.25) is 19.6 Å². The molecule has 0 atom stereocenters. The van der Waals surface area contributed by atoms with E-state index in [2.05, 4.69) is 5.10 Å². The van der Waals surface area contributed by atoms with Crippen LogP contribution >= 0.6 is 0 Å². The molecule has 27 heavy (non-hydrogen) atoms. The Morgan fingerprint density at radius 2 is 2.15 bits per heavy atom. The molecule has 0 saturated carbocycles. The van der Waals surface area contributed by atoms with Gasteiger partial charge in [-0.2, -0.15) is 10.4 Å². The number of nitriles is 1. The van der Waals surface area contributed by atoms with E-state index in [1.807, 2.05) is 6.07 Å². The highest BCUT2D eigenvalue weighted by atomic mass is 16.6. The second-order valence-electron chi connectivity index (χ2n) is 6.97. The molecule has 0 bridgehead atoms. The second-order valence-corrected chi connectivity index (χ2v) is 6.97. The van der Waals surface area contributed by atoms with Crippen molar-refractivity contribution in [3.8, 4) is 11.8 Å². The molecule has 0 aliphatic rings. The minimum Gasteiger partial charge on any atom is -0.496 e. The van der Waals surface area contributed by atoms with Gasteiger partial charge in [0.05, 0.1) is 24.2 Å². The number of carbonyl (C=O) groups is 1. The quantitative estimate of drug-likeness (QED) is 0.334. The van der Waals surface area contributed by atoms with Crippen molar-refractivity contribution in [1.82, 2.24) is 9.78 Å². The lowest BCUT2D eigenvalue weighted by Crippen LogP contribution is -2.21. The lowest BCUT2D eigenvalue weighted by atomic mass is 9.86. The molecule has 140 valence electrons. The largest absolute Gasteiger partial charge is 0.496 e. The number of ketones is 1. The van der Waals surface area contributed by atoms with Crippen molar-refractivity contribution < 1.29 is 14.5 Å². The summed E-state index contributed by atoms with van der Waals surface area (Å²) in [5.74, 6) is 0.330. The number of rotatable bonds is 6. The normalized spacial score (nSPS) is 11.7. The third-order valence-electron chi connectivity index (χ3n) is 3.82. The Hall–Kier alpha value is -3.47. The van der Waals surface area contributed by atoms with Crippen LogP contribution in [-0.4, -0.2) is 27.6 Å². The predicted octanol–water partition coefficient (Wildman–Crippen LogP) is 3.37. The van der Waals surface area contributed by atoms with Gasteiger partial charge in [0.2, 0.25) is 0 Å². The first-order valence-corrected chi connectivity index (χ1v) is 8.16. The zero-order valence-electron chi connectivity index (χ0n) is 15.6. The molecule has 0 unspecified atom stereocenters. The van der Waals surface area contributed by atoms with Crippen molar-refractivity contribution in [3.63, 3.8) is 0 Å². The topological polar surface area (TPSA) is 111 Å². The Morgan fingerprint density at radius 3 is 2.67 bits per heavy atom. The van der Waals surface area contributed by atoms with Crippen molar-refractivity contribution >= 4 is 17.5 Å². The van der Waals surface area contributed by atoms with Gasteiger partial charge in [0, 0.05) is 11.0 Å². The van der Waals surface area contributed by atoms with E-state index < -0.39 is 10.3 Å². The third kappa shape index (κ3) is 4.79. The Kier molecular flexibility index (Phi) is 5.75. The van der Waals surface area contributed by atoms with Crippen LogP contribution < -0.4 is 4.74 Å². The van der Waals surface area contributed by atoms with Crippen LogP contribution in [0.25, 0.3) is 6.08 Å². The lowest BCUT2D eigenvalue weighted by Gasteiger charge is -2.15. The van der Waals surface area contributed by atoms with Gasteiger partial charge in [-0.05, 0) is 23.8 Å². The number of carbonyl (C=O) groups excluding carboxylic acids is 1. The fraction of sp³-hybridized carbons (Fsp3) is 0.316. The summed E-state index contributed by atoms with van der Waals surface area (Å²) in [6, 6.07) is 7.18. The molecule has 0 radical (unpaired) electrons. The SMILES string of the molecule is COc1ccc(/C=C(\C#N)C(=O)C(C)(C)C)cc1Cn1cc([N+](=O)[O-])cn1. The third-order valence-corrected chi connectivity index (χ3v) is 3.82. The molecule has 8 nitrogen and oxygen atoms in total. The number of nitrogens with zero attached hydrogens (tertiary/aromatic N) is 4. The number of hydrogen-bond donors (Lipinski definition) is 0. The van der Waals surface area contributed by atoms with E-state index in [9.17, 15) is 20.2 Å². The number of allylic oxidation sites excluding steroid dienone is 1. The molecule has 1 heterocycles. The predicted molar refractivity (Wildman–Crippen MR) is 99.0 cm³/mol. The number of aromatic nitrogens is 2. The Labute approximate surface area is 156 Å². The molecule has 2 aromatic rings. The number of ether oxygens (including phenoxy) is 1. The number of benzene rings is 1. The van der Waals surface area contributed by atoms with Crippen molar-refractivity contribution in [1.29, 1.82) is 5.26 Å². The highest BCUT2D eigenvalue weighted by Gasteiger charge is 2.25. The first kappa shape index (κ1) is 19.8. The summed E-state index contributed by atoms with van der Waals surface area (Å²) in [5.41, 5.74) is 0.664. The number of methoxy groups -OCH3 is 1. The van der Waals surface area contributed by atoms with E-state index in [-0.39, 0.29) is 23.6 Å². The lowest BCUT2D eigenvalue weighted by molar-refractivity contribution is -0.385. The van der Waals surface area contributed by atoms with Gasteiger partial charge in [0.1, 0.15) is 24.2 Å². The molecule has 1 aromatic carbocycles. The molecule has 8 heteroatoms. The van der Waals surface area contributed by atoms with Crippen LogP contribution in [0, 0.1) is 26.9 Å². The van der Waals surface area contributed by atoms with Crippen LogP contribution in [0.15, 0.2) is 36.2 Å². The molecule has 0 spiro atoms. The van der Waals surface area contributed by atoms with E-state index in [4.69, 9.17) is 4.74 Å². The zero-order chi connectivity index (χ0) is 20.2. The zero-order valence-corrected chi connectivity index (χ0v) is 15.6. The number of nitro groups is 1. The number of hydrogen-bond acceptors (Lipinski definition) is 6. The summed E-state index contributed by atoms with van der Waals surface area (Å²) < 4.78 is 6.76. The fourth-order valence-electron chi connectivity index (χ4n) is 2.44. The molecule has 0 fully saturated rings. The van der Waals surface area contributed by atoms with Gasteiger partial charge in [-0.15, -0.1) is 0 Å². The molecule has 0 aliphatic carbocycles. The summed E-state index contributed by atoms with van der Waals surface area (Å²) in [4.78, 5) is 22.7. The molecular weight excluding hydrogens is 348 g/mol. The van der Waals surface area contributed by atoms with Crippen molar-refractivity contribution in [3.05, 3.63) is 57.4 Å². The van der Waals surface area contributed by atoms with Gasteiger partial charge >= 0.3 is 5.69 Å². The Balaban J connectivity index is 2.39. The Bertz CT molecular complexity index is 945. The van der Waals surface area contributed by atoms with E-state index >= 15 is 0 Å². The first-order chi connectivity index (χ1) is 12.7. The molecular formula is C19H20N4O4. The highest BCUT2D eigenvalue weighted by Crippen LogP contribution is 2.25. The van der Waals surface area contributed by atoms with Crippen molar-refractivity contribution in [2.24, 2.45) is 5.41 Å². The maximum Gasteiger partial charge on any atom is 0.307 e. The Morgan fingerprint density at radius 1 is 1.44 bits per heavy atom. The standard InChI is InChI=1S/C19H20N4O4/c1-19(2,3)18(24)14(9-20)7-13-5-6-17(27-4)15(8-13)11-22-12-16(10-21-22)23(25)26/h5-8,10,12H,11H2,1-4H3/b14-7+. The molecule has 0 saturated heterocycles. The minimum absolute atomic E-state index is 0.0633. The van der Waals surface area contributed by atoms with Gasteiger partial charge in [-0.1, -0.05) is 26.8 Å². The molecule has 0 amide bonds. The average Bonchev–Trinajstić information content (AvgIpc) is 3.07. The van der Waals surface area contributed by atoms with Crippen LogP contribution in [0.3, 0.4) is 0 Å². The van der Waals surface area contributed by atoms with Crippen molar-refractivity contribution in [2.45, 2.75) is 27.3 Å². The summed E-state index contributed by atoms with van der Waals surface area (Å²) in [6.07, 6.45) is 4.03. The minimum atomic E-state index is -0.662. The smallest absolute Gasteiger partial charge is 0.307 e. The second kappa shape index (κ2) is 7.83. The average molecular weight is 368 g/mol. The van der Waals surface area contributed by atoms with E-state index in [0.29, 0.717) is 16.9 Å².